The molecule has 0 spiro atoms. The van der Waals surface area contributed by atoms with Gasteiger partial charge in [0.05, 0.1) is 0 Å². The van der Waals surface area contributed by atoms with Gasteiger partial charge in [0.25, 0.3) is 0 Å². The van der Waals surface area contributed by atoms with Crippen LogP contribution in [0.15, 0.2) is 35.3 Å². The van der Waals surface area contributed by atoms with Crippen molar-refractivity contribution in [2.24, 2.45) is 16.8 Å². The molecule has 1 unspecified atom stereocenters. The number of amides is 1. The molecule has 0 aliphatic carbocycles. The molecule has 1 aliphatic rings. The average molecular weight is 472 g/mol. The number of nitrogens with one attached hydrogen (secondary N) is 2. The van der Waals surface area contributed by atoms with Gasteiger partial charge in [0.2, 0.25) is 5.91 Å². The number of carbonyl (C=O) groups is 1. The molecule has 5 nitrogen and oxygen atoms in total. The molecule has 0 bridgehead atoms. The van der Waals surface area contributed by atoms with Crippen molar-refractivity contribution in [3.05, 3.63) is 35.9 Å². The number of aliphatic imine (C=N–C) groups is 1. The summed E-state index contributed by atoms with van der Waals surface area (Å²) in [6.07, 6.45) is 2.96. The van der Waals surface area contributed by atoms with E-state index in [1.54, 1.807) is 0 Å². The molecule has 0 radical (unpaired) electrons. The van der Waals surface area contributed by atoms with E-state index in [-0.39, 0.29) is 29.9 Å². The number of benzene rings is 1. The van der Waals surface area contributed by atoms with E-state index in [0.29, 0.717) is 19.5 Å². The minimum absolute atomic E-state index is 0. The van der Waals surface area contributed by atoms with Crippen LogP contribution < -0.4 is 10.6 Å². The third kappa shape index (κ3) is 7.93. The summed E-state index contributed by atoms with van der Waals surface area (Å²) in [6, 6.07) is 9.97. The van der Waals surface area contributed by atoms with Gasteiger partial charge in [0, 0.05) is 39.6 Å². The molecule has 146 valence electrons. The lowest BCUT2D eigenvalue weighted by Gasteiger charge is -2.22. The highest BCUT2D eigenvalue weighted by molar-refractivity contribution is 14.0. The first-order chi connectivity index (χ1) is 12.1. The lowest BCUT2D eigenvalue weighted by Crippen LogP contribution is -2.41. The van der Waals surface area contributed by atoms with E-state index < -0.39 is 0 Å². The fraction of sp³-hybridized carbons (Fsp3) is 0.600. The number of carbonyl (C=O) groups excluding carboxylic acids is 1. The SMILES string of the molecule is CN=C(NCCC(=O)NCc1ccccc1)N1CCC(CC(C)C)C1.I. The monoisotopic (exact) mass is 472 g/mol. The van der Waals surface area contributed by atoms with Crippen molar-refractivity contribution in [2.75, 3.05) is 26.7 Å². The molecule has 26 heavy (non-hydrogen) atoms. The van der Waals surface area contributed by atoms with Gasteiger partial charge in [-0.1, -0.05) is 44.2 Å². The first-order valence-electron chi connectivity index (χ1n) is 9.34. The van der Waals surface area contributed by atoms with Gasteiger partial charge < -0.3 is 15.5 Å². The summed E-state index contributed by atoms with van der Waals surface area (Å²) in [6.45, 7) is 7.87. The Balaban J connectivity index is 0.00000338. The van der Waals surface area contributed by atoms with Crippen molar-refractivity contribution in [3.63, 3.8) is 0 Å². The van der Waals surface area contributed by atoms with E-state index in [4.69, 9.17) is 0 Å². The molecule has 1 aromatic carbocycles. The highest BCUT2D eigenvalue weighted by atomic mass is 127. The molecule has 1 fully saturated rings. The predicted octanol–water partition coefficient (Wildman–Crippen LogP) is 3.25. The number of guanidine groups is 1. The summed E-state index contributed by atoms with van der Waals surface area (Å²) < 4.78 is 0. The minimum Gasteiger partial charge on any atom is -0.356 e. The summed E-state index contributed by atoms with van der Waals surface area (Å²) in [5.74, 6) is 2.48. The Morgan fingerprint density at radius 3 is 2.65 bits per heavy atom. The topological polar surface area (TPSA) is 56.7 Å². The van der Waals surface area contributed by atoms with Gasteiger partial charge >= 0.3 is 0 Å². The first-order valence-corrected chi connectivity index (χ1v) is 9.34. The van der Waals surface area contributed by atoms with E-state index in [1.165, 1.54) is 12.8 Å². The van der Waals surface area contributed by atoms with Crippen LogP contribution in [0.2, 0.25) is 0 Å². The van der Waals surface area contributed by atoms with Crippen LogP contribution in [0.25, 0.3) is 0 Å². The highest BCUT2D eigenvalue weighted by Crippen LogP contribution is 2.23. The summed E-state index contributed by atoms with van der Waals surface area (Å²) in [5, 5.41) is 6.29. The van der Waals surface area contributed by atoms with Crippen LogP contribution in [0.1, 0.15) is 38.7 Å². The van der Waals surface area contributed by atoms with E-state index in [2.05, 4.69) is 34.4 Å². The second-order valence-electron chi connectivity index (χ2n) is 7.22. The lowest BCUT2D eigenvalue weighted by atomic mass is 9.97. The van der Waals surface area contributed by atoms with Gasteiger partial charge in [-0.3, -0.25) is 9.79 Å². The summed E-state index contributed by atoms with van der Waals surface area (Å²) in [5.41, 5.74) is 1.12. The molecule has 2 rings (SSSR count). The van der Waals surface area contributed by atoms with Gasteiger partial charge in [-0.05, 0) is 30.2 Å². The molecular weight excluding hydrogens is 439 g/mol. The minimum atomic E-state index is 0. The molecule has 1 heterocycles. The molecule has 2 N–H and O–H groups in total. The molecule has 0 saturated carbocycles. The van der Waals surface area contributed by atoms with Gasteiger partial charge in [-0.15, -0.1) is 24.0 Å². The van der Waals surface area contributed by atoms with Gasteiger partial charge in [0.1, 0.15) is 0 Å². The third-order valence-electron chi connectivity index (χ3n) is 4.57. The van der Waals surface area contributed by atoms with Crippen LogP contribution >= 0.6 is 24.0 Å². The summed E-state index contributed by atoms with van der Waals surface area (Å²) >= 11 is 0. The lowest BCUT2D eigenvalue weighted by molar-refractivity contribution is -0.121. The number of hydrogen-bond donors (Lipinski definition) is 2. The van der Waals surface area contributed by atoms with Crippen LogP contribution in [-0.2, 0) is 11.3 Å². The quantitative estimate of drug-likeness (QED) is 0.364. The number of likely N-dealkylation sites (tertiary alicyclic amines) is 1. The van der Waals surface area contributed by atoms with Crippen LogP contribution in [0.3, 0.4) is 0 Å². The third-order valence-corrected chi connectivity index (χ3v) is 4.57. The zero-order chi connectivity index (χ0) is 18.1. The normalized spacial score (nSPS) is 17.2. The number of halogens is 1. The Labute approximate surface area is 175 Å². The second kappa shape index (κ2) is 12.1. The Morgan fingerprint density at radius 2 is 2.00 bits per heavy atom. The van der Waals surface area contributed by atoms with Crippen molar-refractivity contribution in [1.82, 2.24) is 15.5 Å². The van der Waals surface area contributed by atoms with Crippen LogP contribution in [0.5, 0.6) is 0 Å². The molecule has 1 saturated heterocycles. The maximum atomic E-state index is 12.0. The van der Waals surface area contributed by atoms with E-state index in [1.807, 2.05) is 37.4 Å². The first kappa shape index (κ1) is 22.7. The standard InChI is InChI=1S/C20H32N4O.HI/c1-16(2)13-18-10-12-24(15-18)20(21-3)22-11-9-19(25)23-14-17-7-5-4-6-8-17;/h4-8,16,18H,9-15H2,1-3H3,(H,21,22)(H,23,25);1H. The summed E-state index contributed by atoms with van der Waals surface area (Å²) in [4.78, 5) is 18.7. The van der Waals surface area contributed by atoms with Gasteiger partial charge in [-0.25, -0.2) is 0 Å². The van der Waals surface area contributed by atoms with Crippen LogP contribution in [-0.4, -0.2) is 43.4 Å². The van der Waals surface area contributed by atoms with Crippen LogP contribution in [0, 0.1) is 11.8 Å². The number of rotatable bonds is 7. The molecule has 1 atom stereocenters. The predicted molar refractivity (Wildman–Crippen MR) is 119 cm³/mol. The highest BCUT2D eigenvalue weighted by Gasteiger charge is 2.25. The fourth-order valence-corrected chi connectivity index (χ4v) is 3.39. The molecule has 1 amide bonds. The largest absolute Gasteiger partial charge is 0.356 e. The fourth-order valence-electron chi connectivity index (χ4n) is 3.39. The molecule has 0 aromatic heterocycles. The van der Waals surface area contributed by atoms with Crippen molar-refractivity contribution >= 4 is 35.8 Å². The maximum absolute atomic E-state index is 12.0. The second-order valence-corrected chi connectivity index (χ2v) is 7.22. The average Bonchev–Trinajstić information content (AvgIpc) is 3.05. The van der Waals surface area contributed by atoms with Crippen molar-refractivity contribution < 1.29 is 4.79 Å². The Morgan fingerprint density at radius 1 is 1.27 bits per heavy atom. The molecule has 1 aliphatic heterocycles. The molecule has 1 aromatic rings. The van der Waals surface area contributed by atoms with Crippen molar-refractivity contribution in [2.45, 2.75) is 39.7 Å². The summed E-state index contributed by atoms with van der Waals surface area (Å²) in [7, 11) is 1.81. The number of hydrogen-bond acceptors (Lipinski definition) is 2. The Kier molecular flexibility index (Phi) is 10.6. The van der Waals surface area contributed by atoms with E-state index in [0.717, 1.165) is 36.4 Å². The number of nitrogens with zero attached hydrogens (tertiary/aromatic N) is 2. The molecular formula is C20H33IN4O. The van der Waals surface area contributed by atoms with Crippen molar-refractivity contribution in [3.8, 4) is 0 Å². The zero-order valence-electron chi connectivity index (χ0n) is 16.2. The van der Waals surface area contributed by atoms with E-state index in [9.17, 15) is 4.79 Å². The van der Waals surface area contributed by atoms with Crippen LogP contribution in [0.4, 0.5) is 0 Å². The van der Waals surface area contributed by atoms with E-state index >= 15 is 0 Å². The van der Waals surface area contributed by atoms with Gasteiger partial charge in [0.15, 0.2) is 5.96 Å². The Bertz CT molecular complexity index is 562. The van der Waals surface area contributed by atoms with Gasteiger partial charge in [-0.2, -0.15) is 0 Å². The smallest absolute Gasteiger partial charge is 0.222 e. The maximum Gasteiger partial charge on any atom is 0.222 e. The zero-order valence-corrected chi connectivity index (χ0v) is 18.5. The Hall–Kier alpha value is -1.31. The molecule has 6 heteroatoms. The van der Waals surface area contributed by atoms with Crippen molar-refractivity contribution in [1.29, 1.82) is 0 Å².